The molecular formula is C15H23N3O4S. The smallest absolute Gasteiger partial charge is 0.227 e. The first-order valence-electron chi connectivity index (χ1n) is 7.59. The quantitative estimate of drug-likeness (QED) is 0.786. The van der Waals surface area contributed by atoms with Crippen LogP contribution in [0.5, 0.6) is 5.75 Å². The molecule has 3 N–H and O–H groups in total. The van der Waals surface area contributed by atoms with Crippen LogP contribution in [0.25, 0.3) is 0 Å². The molecule has 0 atom stereocenters. The van der Waals surface area contributed by atoms with Gasteiger partial charge < -0.3 is 15.8 Å². The monoisotopic (exact) mass is 341 g/mol. The fourth-order valence-corrected chi connectivity index (χ4v) is 3.77. The van der Waals surface area contributed by atoms with Crippen LogP contribution in [-0.4, -0.2) is 44.6 Å². The average molecular weight is 341 g/mol. The van der Waals surface area contributed by atoms with Crippen molar-refractivity contribution in [3.63, 3.8) is 0 Å². The number of carbonyl (C=O) groups is 1. The maximum absolute atomic E-state index is 12.3. The summed E-state index contributed by atoms with van der Waals surface area (Å²) in [6.07, 6.45) is 1.05. The molecule has 0 bridgehead atoms. The molecule has 0 saturated carbocycles. The molecule has 1 saturated heterocycles. The summed E-state index contributed by atoms with van der Waals surface area (Å²) in [7, 11) is -1.64. The minimum atomic E-state index is -3.17. The molecule has 2 rings (SSSR count). The number of sulfonamides is 1. The van der Waals surface area contributed by atoms with Gasteiger partial charge >= 0.3 is 0 Å². The van der Waals surface area contributed by atoms with E-state index in [1.54, 1.807) is 25.1 Å². The van der Waals surface area contributed by atoms with E-state index in [4.69, 9.17) is 10.5 Å². The number of nitrogens with zero attached hydrogens (tertiary/aromatic N) is 1. The van der Waals surface area contributed by atoms with Crippen LogP contribution in [-0.2, 0) is 14.8 Å². The largest absolute Gasteiger partial charge is 0.495 e. The van der Waals surface area contributed by atoms with Gasteiger partial charge in [0.25, 0.3) is 0 Å². The molecule has 0 aliphatic carbocycles. The summed E-state index contributed by atoms with van der Waals surface area (Å²) >= 11 is 0. The van der Waals surface area contributed by atoms with E-state index in [-0.39, 0.29) is 17.6 Å². The van der Waals surface area contributed by atoms with Gasteiger partial charge in [0.05, 0.1) is 18.6 Å². The van der Waals surface area contributed by atoms with Crippen molar-refractivity contribution in [2.75, 3.05) is 37.0 Å². The van der Waals surface area contributed by atoms with Crippen LogP contribution in [0.4, 0.5) is 11.4 Å². The van der Waals surface area contributed by atoms with Gasteiger partial charge in [-0.2, -0.15) is 0 Å². The minimum Gasteiger partial charge on any atom is -0.495 e. The molecule has 0 unspecified atom stereocenters. The molecule has 0 aromatic heterocycles. The molecule has 0 spiro atoms. The Hall–Kier alpha value is -1.80. The number of hydrogen-bond donors (Lipinski definition) is 2. The lowest BCUT2D eigenvalue weighted by Gasteiger charge is -2.30. The lowest BCUT2D eigenvalue weighted by molar-refractivity contribution is -0.120. The van der Waals surface area contributed by atoms with Crippen molar-refractivity contribution >= 4 is 27.3 Å². The van der Waals surface area contributed by atoms with Gasteiger partial charge in [-0.05, 0) is 38.0 Å². The summed E-state index contributed by atoms with van der Waals surface area (Å²) in [4.78, 5) is 12.3. The molecule has 0 radical (unpaired) electrons. The van der Waals surface area contributed by atoms with Crippen molar-refractivity contribution in [3.05, 3.63) is 18.2 Å². The van der Waals surface area contributed by atoms with Crippen LogP contribution in [0.3, 0.4) is 0 Å². The number of nitrogens with one attached hydrogen (secondary N) is 1. The molecule has 1 aliphatic rings. The third kappa shape index (κ3) is 4.14. The number of anilines is 2. The number of piperidine rings is 1. The van der Waals surface area contributed by atoms with Crippen molar-refractivity contribution in [1.29, 1.82) is 0 Å². The summed E-state index contributed by atoms with van der Waals surface area (Å²) in [5.74, 6) is 0.348. The zero-order valence-corrected chi connectivity index (χ0v) is 14.2. The van der Waals surface area contributed by atoms with Gasteiger partial charge in [-0.25, -0.2) is 12.7 Å². The van der Waals surface area contributed by atoms with Crippen LogP contribution in [0, 0.1) is 5.92 Å². The van der Waals surface area contributed by atoms with Crippen molar-refractivity contribution in [2.24, 2.45) is 5.92 Å². The Morgan fingerprint density at radius 3 is 2.57 bits per heavy atom. The minimum absolute atomic E-state index is 0.0923. The third-order valence-electron chi connectivity index (χ3n) is 4.08. The maximum atomic E-state index is 12.3. The molecule has 1 amide bonds. The number of benzene rings is 1. The first kappa shape index (κ1) is 17.6. The van der Waals surface area contributed by atoms with Crippen molar-refractivity contribution in [2.45, 2.75) is 19.8 Å². The van der Waals surface area contributed by atoms with Crippen molar-refractivity contribution < 1.29 is 17.9 Å². The van der Waals surface area contributed by atoms with Crippen LogP contribution in [0.1, 0.15) is 19.8 Å². The second-order valence-corrected chi connectivity index (χ2v) is 7.78. The van der Waals surface area contributed by atoms with E-state index in [1.807, 2.05) is 0 Å². The van der Waals surface area contributed by atoms with E-state index in [1.165, 1.54) is 11.4 Å². The lowest BCUT2D eigenvalue weighted by atomic mass is 9.97. The van der Waals surface area contributed by atoms with Crippen LogP contribution in [0.15, 0.2) is 18.2 Å². The van der Waals surface area contributed by atoms with E-state index >= 15 is 0 Å². The van der Waals surface area contributed by atoms with Gasteiger partial charge in [-0.1, -0.05) is 0 Å². The molecule has 7 nitrogen and oxygen atoms in total. The van der Waals surface area contributed by atoms with Crippen LogP contribution >= 0.6 is 0 Å². The Balaban J connectivity index is 1.94. The molecule has 1 aromatic rings. The van der Waals surface area contributed by atoms with Gasteiger partial charge in [0, 0.05) is 24.7 Å². The van der Waals surface area contributed by atoms with Crippen molar-refractivity contribution in [3.8, 4) is 5.75 Å². The summed E-state index contributed by atoms with van der Waals surface area (Å²) in [5, 5.41) is 2.83. The first-order valence-corrected chi connectivity index (χ1v) is 9.20. The van der Waals surface area contributed by atoms with E-state index in [0.717, 1.165) is 0 Å². The Morgan fingerprint density at radius 1 is 1.39 bits per heavy atom. The standard InChI is InChI=1S/C15H23N3O4S/c1-3-23(20,21)18-8-6-11(7-9-18)15(19)17-12-4-5-14(22-2)13(16)10-12/h4-5,10-11H,3,6-9,16H2,1-2H3,(H,17,19). The average Bonchev–Trinajstić information content (AvgIpc) is 2.55. The fourth-order valence-electron chi connectivity index (χ4n) is 2.64. The van der Waals surface area contributed by atoms with Crippen LogP contribution in [0.2, 0.25) is 0 Å². The van der Waals surface area contributed by atoms with Gasteiger partial charge in [-0.3, -0.25) is 4.79 Å². The topological polar surface area (TPSA) is 102 Å². The normalized spacial score (nSPS) is 17.0. The summed E-state index contributed by atoms with van der Waals surface area (Å²) in [5.41, 5.74) is 6.88. The lowest BCUT2D eigenvalue weighted by Crippen LogP contribution is -2.42. The number of methoxy groups -OCH3 is 1. The molecule has 8 heteroatoms. The molecule has 23 heavy (non-hydrogen) atoms. The number of nitrogens with two attached hydrogens (primary N) is 1. The highest BCUT2D eigenvalue weighted by molar-refractivity contribution is 7.89. The summed E-state index contributed by atoms with van der Waals surface area (Å²) in [6, 6.07) is 5.07. The van der Waals surface area contributed by atoms with Gasteiger partial charge in [0.1, 0.15) is 5.75 Å². The second kappa shape index (κ2) is 7.18. The Bertz CT molecular complexity index is 667. The SMILES string of the molecule is CCS(=O)(=O)N1CCC(C(=O)Nc2ccc(OC)c(N)c2)CC1. The van der Waals surface area contributed by atoms with E-state index in [0.29, 0.717) is 43.1 Å². The predicted octanol–water partition coefficient (Wildman–Crippen LogP) is 1.28. The summed E-state index contributed by atoms with van der Waals surface area (Å²) < 4.78 is 30.2. The zero-order valence-electron chi connectivity index (χ0n) is 13.4. The number of ether oxygens (including phenoxy) is 1. The highest BCUT2D eigenvalue weighted by Crippen LogP contribution is 2.26. The zero-order chi connectivity index (χ0) is 17.0. The fraction of sp³-hybridized carbons (Fsp3) is 0.533. The Morgan fingerprint density at radius 2 is 2.04 bits per heavy atom. The van der Waals surface area contributed by atoms with Gasteiger partial charge in [0.15, 0.2) is 0 Å². The molecule has 1 fully saturated rings. The number of hydrogen-bond acceptors (Lipinski definition) is 5. The van der Waals surface area contributed by atoms with E-state index in [2.05, 4.69) is 5.32 Å². The number of rotatable bonds is 5. The summed E-state index contributed by atoms with van der Waals surface area (Å²) in [6.45, 7) is 2.40. The number of nitrogen functional groups attached to an aromatic ring is 1. The van der Waals surface area contributed by atoms with E-state index < -0.39 is 10.0 Å². The second-order valence-electron chi connectivity index (χ2n) is 5.52. The molecule has 1 aromatic carbocycles. The molecule has 1 heterocycles. The van der Waals surface area contributed by atoms with Gasteiger partial charge in [0.2, 0.25) is 15.9 Å². The van der Waals surface area contributed by atoms with E-state index in [9.17, 15) is 13.2 Å². The highest BCUT2D eigenvalue weighted by Gasteiger charge is 2.30. The molecule has 128 valence electrons. The Labute approximate surface area is 136 Å². The number of carbonyl (C=O) groups excluding carboxylic acids is 1. The maximum Gasteiger partial charge on any atom is 0.227 e. The molecule has 1 aliphatic heterocycles. The predicted molar refractivity (Wildman–Crippen MR) is 89.8 cm³/mol. The molecular weight excluding hydrogens is 318 g/mol. The highest BCUT2D eigenvalue weighted by atomic mass is 32.2. The van der Waals surface area contributed by atoms with Gasteiger partial charge in [-0.15, -0.1) is 0 Å². The Kier molecular flexibility index (Phi) is 5.48. The first-order chi connectivity index (χ1) is 10.9. The number of amides is 1. The van der Waals surface area contributed by atoms with Crippen LogP contribution < -0.4 is 15.8 Å². The third-order valence-corrected chi connectivity index (χ3v) is 5.96. The van der Waals surface area contributed by atoms with Crippen molar-refractivity contribution in [1.82, 2.24) is 4.31 Å².